The normalized spacial score (nSPS) is 11.2. The molecule has 4 rings (SSSR count). The smallest absolute Gasteiger partial charge is 0.133 e. The lowest BCUT2D eigenvalue weighted by Crippen LogP contribution is -2.00. The topological polar surface area (TPSA) is 22.1 Å². The predicted molar refractivity (Wildman–Crippen MR) is 117 cm³/mol. The molecular formula is C25H21ClFNO. The summed E-state index contributed by atoms with van der Waals surface area (Å²) < 4.78 is 19.4. The number of aromatic nitrogens is 1. The summed E-state index contributed by atoms with van der Waals surface area (Å²) in [7, 11) is 0. The number of hydrogen-bond acceptors (Lipinski definition) is 2. The molecule has 0 radical (unpaired) electrons. The van der Waals surface area contributed by atoms with Crippen LogP contribution in [0.3, 0.4) is 0 Å². The number of nitrogens with zero attached hydrogens (tertiary/aromatic N) is 1. The van der Waals surface area contributed by atoms with Crippen molar-refractivity contribution in [2.75, 3.05) is 0 Å². The number of ether oxygens (including phenoxy) is 1. The summed E-state index contributed by atoms with van der Waals surface area (Å²) in [5.74, 6) is 0.640. The van der Waals surface area contributed by atoms with E-state index in [0.717, 1.165) is 38.9 Å². The minimum atomic E-state index is -0.263. The lowest BCUT2D eigenvalue weighted by atomic mass is 9.91. The van der Waals surface area contributed by atoms with Crippen molar-refractivity contribution in [1.82, 2.24) is 4.98 Å². The first-order valence-corrected chi connectivity index (χ1v) is 9.96. The molecule has 0 spiro atoms. The van der Waals surface area contributed by atoms with Crippen molar-refractivity contribution in [3.8, 4) is 16.9 Å². The first-order valence-electron chi connectivity index (χ1n) is 9.58. The fraction of sp³-hybridized carbons (Fsp3) is 0.160. The van der Waals surface area contributed by atoms with Crippen molar-refractivity contribution < 1.29 is 9.13 Å². The zero-order valence-corrected chi connectivity index (χ0v) is 17.1. The predicted octanol–water partition coefficient (Wildman–Crippen LogP) is 7.40. The maximum atomic E-state index is 13.5. The van der Waals surface area contributed by atoms with E-state index in [-0.39, 0.29) is 11.7 Å². The third-order valence-electron chi connectivity index (χ3n) is 4.91. The van der Waals surface area contributed by atoms with Crippen molar-refractivity contribution in [2.45, 2.75) is 26.4 Å². The van der Waals surface area contributed by atoms with Gasteiger partial charge in [0.05, 0.1) is 5.52 Å². The Kier molecular flexibility index (Phi) is 5.50. The van der Waals surface area contributed by atoms with E-state index < -0.39 is 0 Å². The van der Waals surface area contributed by atoms with Crippen LogP contribution in [0.4, 0.5) is 4.39 Å². The highest BCUT2D eigenvalue weighted by molar-refractivity contribution is 6.31. The van der Waals surface area contributed by atoms with Crippen molar-refractivity contribution >= 4 is 22.5 Å². The molecule has 0 bridgehead atoms. The Labute approximate surface area is 174 Å². The number of benzene rings is 3. The van der Waals surface area contributed by atoms with Gasteiger partial charge in [-0.1, -0.05) is 67.9 Å². The van der Waals surface area contributed by atoms with Crippen molar-refractivity contribution in [3.05, 3.63) is 94.9 Å². The summed E-state index contributed by atoms with van der Waals surface area (Å²) in [5.41, 5.74) is 4.72. The quantitative estimate of drug-likeness (QED) is 0.323. The summed E-state index contributed by atoms with van der Waals surface area (Å²) >= 11 is 6.58. The molecule has 1 aromatic heterocycles. The zero-order valence-electron chi connectivity index (χ0n) is 16.3. The fourth-order valence-corrected chi connectivity index (χ4v) is 3.92. The average molecular weight is 406 g/mol. The van der Waals surface area contributed by atoms with Crippen LogP contribution < -0.4 is 4.74 Å². The summed E-state index contributed by atoms with van der Waals surface area (Å²) in [6.07, 6.45) is 0. The molecule has 0 fully saturated rings. The molecule has 0 unspecified atom stereocenters. The van der Waals surface area contributed by atoms with Crippen LogP contribution in [0.2, 0.25) is 5.15 Å². The molecule has 0 saturated carbocycles. The van der Waals surface area contributed by atoms with E-state index in [4.69, 9.17) is 16.3 Å². The molecule has 146 valence electrons. The molecule has 29 heavy (non-hydrogen) atoms. The molecule has 0 aliphatic carbocycles. The van der Waals surface area contributed by atoms with Gasteiger partial charge >= 0.3 is 0 Å². The molecule has 1 heterocycles. The first kappa shape index (κ1) is 19.4. The summed E-state index contributed by atoms with van der Waals surface area (Å²) in [4.78, 5) is 4.63. The van der Waals surface area contributed by atoms with Gasteiger partial charge in [0, 0.05) is 17.0 Å². The highest BCUT2D eigenvalue weighted by Gasteiger charge is 2.18. The van der Waals surface area contributed by atoms with Crippen molar-refractivity contribution in [1.29, 1.82) is 0 Å². The van der Waals surface area contributed by atoms with E-state index in [9.17, 15) is 4.39 Å². The van der Waals surface area contributed by atoms with Crippen LogP contribution >= 0.6 is 11.6 Å². The Hall–Kier alpha value is -2.91. The largest absolute Gasteiger partial charge is 0.489 e. The highest BCUT2D eigenvalue weighted by atomic mass is 35.5. The number of hydrogen-bond donors (Lipinski definition) is 0. The Balaban J connectivity index is 1.79. The van der Waals surface area contributed by atoms with E-state index >= 15 is 0 Å². The lowest BCUT2D eigenvalue weighted by Gasteiger charge is -2.18. The Morgan fingerprint density at radius 3 is 2.38 bits per heavy atom. The van der Waals surface area contributed by atoms with Gasteiger partial charge in [0.2, 0.25) is 0 Å². The van der Waals surface area contributed by atoms with Gasteiger partial charge in [-0.2, -0.15) is 0 Å². The Morgan fingerprint density at radius 1 is 0.966 bits per heavy atom. The maximum absolute atomic E-state index is 13.5. The number of halogens is 2. The monoisotopic (exact) mass is 405 g/mol. The molecule has 0 N–H and O–H groups in total. The molecule has 0 aliphatic heterocycles. The van der Waals surface area contributed by atoms with Crippen LogP contribution in [-0.4, -0.2) is 4.98 Å². The Bertz CT molecular complexity index is 1140. The van der Waals surface area contributed by atoms with Gasteiger partial charge in [-0.05, 0) is 46.9 Å². The molecule has 0 aliphatic rings. The SMILES string of the molecule is CC(C)c1c(Cl)nc2cc(OCc3ccccc3)ccc2c1-c1ccc(F)cc1. The van der Waals surface area contributed by atoms with E-state index in [1.165, 1.54) is 12.1 Å². The zero-order chi connectivity index (χ0) is 20.4. The second-order valence-electron chi connectivity index (χ2n) is 7.31. The third-order valence-corrected chi connectivity index (χ3v) is 5.20. The molecule has 3 aromatic carbocycles. The number of pyridine rings is 1. The van der Waals surface area contributed by atoms with Crippen LogP contribution in [0.15, 0.2) is 72.8 Å². The molecular weight excluding hydrogens is 385 g/mol. The minimum Gasteiger partial charge on any atom is -0.489 e. The maximum Gasteiger partial charge on any atom is 0.133 e. The number of rotatable bonds is 5. The highest BCUT2D eigenvalue weighted by Crippen LogP contribution is 2.40. The van der Waals surface area contributed by atoms with E-state index in [0.29, 0.717) is 11.8 Å². The number of fused-ring (bicyclic) bond motifs is 1. The van der Waals surface area contributed by atoms with Crippen molar-refractivity contribution in [3.63, 3.8) is 0 Å². The summed E-state index contributed by atoms with van der Waals surface area (Å²) in [5, 5.41) is 1.43. The molecule has 0 atom stereocenters. The lowest BCUT2D eigenvalue weighted by molar-refractivity contribution is 0.306. The second kappa shape index (κ2) is 8.22. The minimum absolute atomic E-state index is 0.175. The molecule has 4 heteroatoms. The van der Waals surface area contributed by atoms with Gasteiger partial charge in [0.1, 0.15) is 23.3 Å². The van der Waals surface area contributed by atoms with Gasteiger partial charge in [-0.15, -0.1) is 0 Å². The fourth-order valence-electron chi connectivity index (χ4n) is 3.51. The van der Waals surface area contributed by atoms with E-state index in [1.54, 1.807) is 12.1 Å². The summed E-state index contributed by atoms with van der Waals surface area (Å²) in [6.45, 7) is 4.65. The van der Waals surface area contributed by atoms with E-state index in [1.807, 2.05) is 48.5 Å². The first-order chi connectivity index (χ1) is 14.0. The van der Waals surface area contributed by atoms with Gasteiger partial charge < -0.3 is 4.74 Å². The van der Waals surface area contributed by atoms with Crippen molar-refractivity contribution in [2.24, 2.45) is 0 Å². The molecule has 0 amide bonds. The van der Waals surface area contributed by atoms with Gasteiger partial charge in [-0.25, -0.2) is 9.37 Å². The molecule has 0 saturated heterocycles. The summed E-state index contributed by atoms with van der Waals surface area (Å²) in [6, 6.07) is 22.4. The van der Waals surface area contributed by atoms with Gasteiger partial charge in [-0.3, -0.25) is 0 Å². The van der Waals surface area contributed by atoms with Gasteiger partial charge in [0.15, 0.2) is 0 Å². The third kappa shape index (κ3) is 4.10. The van der Waals surface area contributed by atoms with E-state index in [2.05, 4.69) is 18.8 Å². The second-order valence-corrected chi connectivity index (χ2v) is 7.66. The standard InChI is InChI=1S/C25H21ClFNO/c1-16(2)23-24(18-8-10-19(27)11-9-18)21-13-12-20(14-22(21)28-25(23)26)29-15-17-6-4-3-5-7-17/h3-14,16H,15H2,1-2H3. The van der Waals surface area contributed by atoms with Crippen LogP contribution in [0.5, 0.6) is 5.75 Å². The van der Waals surface area contributed by atoms with Crippen LogP contribution in [0, 0.1) is 5.82 Å². The Morgan fingerprint density at radius 2 is 1.69 bits per heavy atom. The van der Waals surface area contributed by atoms with Crippen LogP contribution in [-0.2, 0) is 6.61 Å². The molecule has 2 nitrogen and oxygen atoms in total. The average Bonchev–Trinajstić information content (AvgIpc) is 2.72. The van der Waals surface area contributed by atoms with Crippen LogP contribution in [0.1, 0.15) is 30.9 Å². The van der Waals surface area contributed by atoms with Gasteiger partial charge in [0.25, 0.3) is 0 Å². The molecule has 4 aromatic rings. The van der Waals surface area contributed by atoms with Crippen LogP contribution in [0.25, 0.3) is 22.0 Å².